The van der Waals surface area contributed by atoms with E-state index >= 15 is 0 Å². The number of amides is 3. The fraction of sp³-hybridized carbons (Fsp3) is 0.423. The first-order valence-electron chi connectivity index (χ1n) is 12.8. The van der Waals surface area contributed by atoms with E-state index in [-0.39, 0.29) is 18.0 Å². The van der Waals surface area contributed by atoms with Gasteiger partial charge in [-0.1, -0.05) is 36.3 Å². The molecule has 0 radical (unpaired) electrons. The number of nitrogens with one attached hydrogen (secondary N) is 3. The van der Waals surface area contributed by atoms with Crippen molar-refractivity contribution >= 4 is 39.9 Å². The minimum atomic E-state index is -0.559. The number of hydrogen-bond donors (Lipinski definition) is 4. The predicted octanol–water partition coefficient (Wildman–Crippen LogP) is 3.19. The second kappa shape index (κ2) is 11.8. The highest BCUT2D eigenvalue weighted by Gasteiger charge is 2.26. The maximum Gasteiger partial charge on any atom is 0.325 e. The fourth-order valence-electron chi connectivity index (χ4n) is 4.76. The van der Waals surface area contributed by atoms with Gasteiger partial charge in [-0.3, -0.25) is 10.1 Å². The summed E-state index contributed by atoms with van der Waals surface area (Å²) in [5.41, 5.74) is 1.62. The van der Waals surface area contributed by atoms with Crippen molar-refractivity contribution < 1.29 is 24.2 Å². The molecule has 1 aliphatic heterocycles. The number of para-hydroxylation sites is 1. The maximum atomic E-state index is 12.9. The van der Waals surface area contributed by atoms with Gasteiger partial charge in [0.25, 0.3) is 5.91 Å². The standard InChI is InChI=1S/C26H31N7O5S/c1-37-22-13-21(30-25(31-22)38-2)33-12-11-18-20(14-33)39-26(29-18)32-24(36)28-16-8-4-3-7-15(16)23(35)27-17-9-5-6-10-19(17)34/h3-4,7-8,13,17,19,34H,5-6,9-12,14H2,1-2H3,(H,27,35)(H2,28,29,32,36). The molecule has 3 amide bonds. The molecule has 3 heterocycles. The minimum Gasteiger partial charge on any atom is -0.481 e. The van der Waals surface area contributed by atoms with E-state index in [1.54, 1.807) is 30.3 Å². The lowest BCUT2D eigenvalue weighted by molar-refractivity contribution is 0.0718. The monoisotopic (exact) mass is 553 g/mol. The first-order chi connectivity index (χ1) is 18.9. The molecule has 5 rings (SSSR count). The summed E-state index contributed by atoms with van der Waals surface area (Å²) in [5.74, 6) is 0.759. The number of ether oxygens (including phenoxy) is 2. The van der Waals surface area contributed by atoms with Crippen LogP contribution in [0.3, 0.4) is 0 Å². The average molecular weight is 554 g/mol. The van der Waals surface area contributed by atoms with Gasteiger partial charge in [0.05, 0.1) is 49.9 Å². The lowest BCUT2D eigenvalue weighted by Crippen LogP contribution is -2.45. The molecule has 1 fully saturated rings. The van der Waals surface area contributed by atoms with Gasteiger partial charge in [0, 0.05) is 23.9 Å². The molecule has 12 nitrogen and oxygen atoms in total. The molecule has 2 aliphatic rings. The summed E-state index contributed by atoms with van der Waals surface area (Å²) in [6.07, 6.45) is 3.43. The molecule has 1 aromatic carbocycles. The van der Waals surface area contributed by atoms with E-state index in [9.17, 15) is 14.7 Å². The zero-order valence-corrected chi connectivity index (χ0v) is 22.6. The van der Waals surface area contributed by atoms with Gasteiger partial charge in [0.2, 0.25) is 5.88 Å². The number of thiazole rings is 1. The van der Waals surface area contributed by atoms with Crippen LogP contribution in [0, 0.1) is 0 Å². The summed E-state index contributed by atoms with van der Waals surface area (Å²) in [7, 11) is 3.04. The van der Waals surface area contributed by atoms with E-state index in [1.165, 1.54) is 25.6 Å². The van der Waals surface area contributed by atoms with Crippen molar-refractivity contribution in [3.8, 4) is 11.9 Å². The number of urea groups is 1. The number of rotatable bonds is 7. The molecule has 3 aromatic rings. The van der Waals surface area contributed by atoms with Crippen molar-refractivity contribution in [2.75, 3.05) is 36.3 Å². The molecule has 206 valence electrons. The van der Waals surface area contributed by atoms with Gasteiger partial charge < -0.3 is 30.1 Å². The van der Waals surface area contributed by atoms with Crippen LogP contribution in [-0.2, 0) is 13.0 Å². The number of aliphatic hydroxyl groups is 1. The first kappa shape index (κ1) is 26.6. The van der Waals surface area contributed by atoms with Gasteiger partial charge in [0.1, 0.15) is 5.82 Å². The number of benzene rings is 1. The first-order valence-corrected chi connectivity index (χ1v) is 13.6. The number of hydrogen-bond acceptors (Lipinski definition) is 10. The van der Waals surface area contributed by atoms with Crippen LogP contribution in [0.15, 0.2) is 30.3 Å². The molecular formula is C26H31N7O5S. The Hall–Kier alpha value is -3.97. The molecule has 2 unspecified atom stereocenters. The van der Waals surface area contributed by atoms with Crippen LogP contribution in [0.1, 0.15) is 46.6 Å². The molecule has 2 aromatic heterocycles. The third-order valence-corrected chi connectivity index (χ3v) is 7.80. The lowest BCUT2D eigenvalue weighted by Gasteiger charge is -2.28. The van der Waals surface area contributed by atoms with E-state index in [2.05, 4.69) is 35.8 Å². The molecule has 1 saturated carbocycles. The number of nitrogens with zero attached hydrogens (tertiary/aromatic N) is 4. The molecule has 0 saturated heterocycles. The number of anilines is 3. The Morgan fingerprint density at radius 3 is 2.69 bits per heavy atom. The normalized spacial score (nSPS) is 18.6. The summed E-state index contributed by atoms with van der Waals surface area (Å²) < 4.78 is 10.5. The quantitative estimate of drug-likeness (QED) is 0.346. The number of aliphatic hydroxyl groups excluding tert-OH is 1. The highest BCUT2D eigenvalue weighted by atomic mass is 32.1. The Labute approximate surface area is 229 Å². The molecule has 39 heavy (non-hydrogen) atoms. The molecule has 13 heteroatoms. The SMILES string of the molecule is COc1cc(N2CCc3nc(NC(=O)Nc4ccccc4C(=O)NC4CCCCC4O)sc3C2)nc(OC)n1. The predicted molar refractivity (Wildman–Crippen MR) is 147 cm³/mol. The Kier molecular flexibility index (Phi) is 8.07. The van der Waals surface area contributed by atoms with E-state index in [0.29, 0.717) is 54.0 Å². The van der Waals surface area contributed by atoms with Gasteiger partial charge >= 0.3 is 12.0 Å². The Morgan fingerprint density at radius 2 is 1.90 bits per heavy atom. The van der Waals surface area contributed by atoms with E-state index in [0.717, 1.165) is 29.8 Å². The van der Waals surface area contributed by atoms with Crippen LogP contribution in [-0.4, -0.2) is 64.9 Å². The molecule has 2 atom stereocenters. The number of aromatic nitrogens is 3. The summed E-state index contributed by atoms with van der Waals surface area (Å²) in [6, 6.07) is 7.98. The van der Waals surface area contributed by atoms with Crippen LogP contribution < -0.4 is 30.3 Å². The van der Waals surface area contributed by atoms with Gasteiger partial charge in [-0.05, 0) is 25.0 Å². The summed E-state index contributed by atoms with van der Waals surface area (Å²) in [5, 5.41) is 19.2. The summed E-state index contributed by atoms with van der Waals surface area (Å²) in [4.78, 5) is 42.1. The number of carbonyl (C=O) groups excluding carboxylic acids is 2. The lowest BCUT2D eigenvalue weighted by atomic mass is 9.92. The maximum absolute atomic E-state index is 12.9. The highest BCUT2D eigenvalue weighted by molar-refractivity contribution is 7.15. The molecular weight excluding hydrogens is 522 g/mol. The van der Waals surface area contributed by atoms with Crippen LogP contribution >= 0.6 is 11.3 Å². The Balaban J connectivity index is 1.23. The van der Waals surface area contributed by atoms with Crippen LogP contribution in [0.5, 0.6) is 11.9 Å². The van der Waals surface area contributed by atoms with Gasteiger partial charge in [-0.2, -0.15) is 9.97 Å². The van der Waals surface area contributed by atoms with Crippen LogP contribution in [0.4, 0.5) is 21.4 Å². The van der Waals surface area contributed by atoms with Crippen molar-refractivity contribution in [2.24, 2.45) is 0 Å². The van der Waals surface area contributed by atoms with E-state index in [1.807, 2.05) is 0 Å². The molecule has 0 spiro atoms. The van der Waals surface area contributed by atoms with Crippen molar-refractivity contribution in [1.29, 1.82) is 0 Å². The van der Waals surface area contributed by atoms with Gasteiger partial charge in [0.15, 0.2) is 5.13 Å². The Morgan fingerprint density at radius 1 is 1.08 bits per heavy atom. The Bertz CT molecular complexity index is 1330. The van der Waals surface area contributed by atoms with E-state index < -0.39 is 12.1 Å². The van der Waals surface area contributed by atoms with Crippen molar-refractivity contribution in [3.63, 3.8) is 0 Å². The van der Waals surface area contributed by atoms with Crippen molar-refractivity contribution in [2.45, 2.75) is 50.8 Å². The zero-order chi connectivity index (χ0) is 27.4. The summed E-state index contributed by atoms with van der Waals surface area (Å²) in [6.45, 7) is 1.25. The van der Waals surface area contributed by atoms with Crippen LogP contribution in [0.2, 0.25) is 0 Å². The third-order valence-electron chi connectivity index (χ3n) is 6.80. The third kappa shape index (κ3) is 6.20. The van der Waals surface area contributed by atoms with Gasteiger partial charge in [-0.25, -0.2) is 9.78 Å². The highest BCUT2D eigenvalue weighted by Crippen LogP contribution is 2.32. The smallest absolute Gasteiger partial charge is 0.325 e. The largest absolute Gasteiger partial charge is 0.481 e. The second-order valence-corrected chi connectivity index (χ2v) is 10.5. The van der Waals surface area contributed by atoms with Gasteiger partial charge in [-0.15, -0.1) is 0 Å². The molecule has 1 aliphatic carbocycles. The fourth-order valence-corrected chi connectivity index (χ4v) is 5.78. The van der Waals surface area contributed by atoms with E-state index in [4.69, 9.17) is 9.47 Å². The van der Waals surface area contributed by atoms with Crippen molar-refractivity contribution in [3.05, 3.63) is 46.5 Å². The minimum absolute atomic E-state index is 0.224. The second-order valence-electron chi connectivity index (χ2n) is 9.37. The number of fused-ring (bicyclic) bond motifs is 1. The molecule has 0 bridgehead atoms. The zero-order valence-electron chi connectivity index (χ0n) is 21.8. The van der Waals surface area contributed by atoms with Crippen LogP contribution in [0.25, 0.3) is 0 Å². The summed E-state index contributed by atoms with van der Waals surface area (Å²) >= 11 is 1.39. The number of carbonyl (C=O) groups is 2. The topological polar surface area (TPSA) is 151 Å². The molecule has 4 N–H and O–H groups in total. The number of methoxy groups -OCH3 is 2. The van der Waals surface area contributed by atoms with Crippen molar-refractivity contribution in [1.82, 2.24) is 20.3 Å². The average Bonchev–Trinajstić information content (AvgIpc) is 3.35.